The van der Waals surface area contributed by atoms with Crippen LogP contribution in [0.3, 0.4) is 0 Å². The number of ether oxygens (including phenoxy) is 1. The van der Waals surface area contributed by atoms with Gasteiger partial charge in [-0.25, -0.2) is 4.79 Å². The molecule has 0 aliphatic carbocycles. The topological polar surface area (TPSA) is 88.5 Å². The molecule has 2 fully saturated rings. The van der Waals surface area contributed by atoms with Crippen LogP contribution in [0.2, 0.25) is 0 Å². The lowest BCUT2D eigenvalue weighted by Gasteiger charge is -2.39. The van der Waals surface area contributed by atoms with E-state index in [4.69, 9.17) is 4.74 Å². The Hall–Kier alpha value is -2.62. The van der Waals surface area contributed by atoms with Gasteiger partial charge in [-0.2, -0.15) is 0 Å². The average molecular weight is 571 g/mol. The maximum Gasteiger partial charge on any atom is 0.410 e. The molecule has 4 rings (SSSR count). The highest BCUT2D eigenvalue weighted by atomic mass is 32.2. The molecule has 1 amide bonds. The van der Waals surface area contributed by atoms with E-state index in [-0.39, 0.29) is 23.5 Å². The smallest absolute Gasteiger partial charge is 0.410 e. The number of rotatable bonds is 8. The fraction of sp³-hybridized carbons (Fsp3) is 0.581. The van der Waals surface area contributed by atoms with E-state index in [9.17, 15) is 15.0 Å². The molecule has 0 bridgehead atoms. The summed E-state index contributed by atoms with van der Waals surface area (Å²) in [6, 6.07) is 11.7. The van der Waals surface area contributed by atoms with Crippen LogP contribution >= 0.6 is 11.9 Å². The van der Waals surface area contributed by atoms with Crippen molar-refractivity contribution < 1.29 is 19.7 Å². The number of hydrogen-bond acceptors (Lipinski definition) is 8. The highest BCUT2D eigenvalue weighted by Gasteiger charge is 2.28. The number of likely N-dealkylation sites (tertiary alicyclic amines) is 1. The molecule has 2 aromatic carbocycles. The van der Waals surface area contributed by atoms with Crippen LogP contribution in [0, 0.1) is 5.92 Å². The molecule has 2 aromatic rings. The fourth-order valence-electron chi connectivity index (χ4n) is 5.29. The van der Waals surface area contributed by atoms with Crippen LogP contribution in [-0.2, 0) is 11.3 Å². The van der Waals surface area contributed by atoms with Crippen molar-refractivity contribution in [3.8, 4) is 11.5 Å². The minimum absolute atomic E-state index is 0.0708. The van der Waals surface area contributed by atoms with E-state index in [1.54, 1.807) is 0 Å². The zero-order valence-corrected chi connectivity index (χ0v) is 25.5. The summed E-state index contributed by atoms with van der Waals surface area (Å²) in [5.41, 5.74) is 2.63. The van der Waals surface area contributed by atoms with Crippen molar-refractivity contribution in [1.82, 2.24) is 14.7 Å². The number of piperidine rings is 1. The summed E-state index contributed by atoms with van der Waals surface area (Å²) in [6.07, 6.45) is 1.91. The number of benzene rings is 2. The number of carbonyl (C=O) groups excluding carboxylic acids is 1. The Bertz CT molecular complexity index is 1120. The molecule has 2 aliphatic heterocycles. The van der Waals surface area contributed by atoms with Crippen LogP contribution in [0.15, 0.2) is 41.3 Å². The number of piperazine rings is 1. The van der Waals surface area contributed by atoms with Gasteiger partial charge in [0, 0.05) is 64.1 Å². The molecule has 220 valence electrons. The van der Waals surface area contributed by atoms with Crippen molar-refractivity contribution >= 4 is 23.7 Å². The lowest BCUT2D eigenvalue weighted by atomic mass is 9.96. The van der Waals surface area contributed by atoms with Gasteiger partial charge in [0.1, 0.15) is 17.1 Å². The lowest BCUT2D eigenvalue weighted by Crippen LogP contribution is -2.49. The molecule has 0 spiro atoms. The molecule has 2 heterocycles. The van der Waals surface area contributed by atoms with Crippen LogP contribution in [0.4, 0.5) is 10.5 Å². The molecular formula is C31H46N4O4S. The van der Waals surface area contributed by atoms with Gasteiger partial charge in [0.2, 0.25) is 0 Å². The van der Waals surface area contributed by atoms with Crippen molar-refractivity contribution in [3.63, 3.8) is 0 Å². The van der Waals surface area contributed by atoms with Gasteiger partial charge >= 0.3 is 6.09 Å². The Labute approximate surface area is 243 Å². The monoisotopic (exact) mass is 570 g/mol. The second-order valence-corrected chi connectivity index (χ2v) is 13.3. The largest absolute Gasteiger partial charge is 0.508 e. The van der Waals surface area contributed by atoms with Crippen molar-refractivity contribution in [2.24, 2.45) is 5.92 Å². The third-order valence-electron chi connectivity index (χ3n) is 7.62. The van der Waals surface area contributed by atoms with Crippen molar-refractivity contribution in [2.75, 3.05) is 50.5 Å². The third kappa shape index (κ3) is 8.69. The first-order valence-corrected chi connectivity index (χ1v) is 15.3. The Kier molecular flexibility index (Phi) is 10.1. The summed E-state index contributed by atoms with van der Waals surface area (Å²) in [5, 5.41) is 20.3. The van der Waals surface area contributed by atoms with Crippen LogP contribution in [0.25, 0.3) is 0 Å². The molecule has 0 unspecified atom stereocenters. The second kappa shape index (κ2) is 13.4. The zero-order chi connectivity index (χ0) is 28.9. The fourth-order valence-corrected chi connectivity index (χ4v) is 6.00. The number of nitrogens with zero attached hydrogens (tertiary/aromatic N) is 3. The predicted molar refractivity (Wildman–Crippen MR) is 162 cm³/mol. The Balaban J connectivity index is 1.17. The van der Waals surface area contributed by atoms with Crippen molar-refractivity contribution in [1.29, 1.82) is 0 Å². The number of phenolic OH excluding ortho intramolecular Hbond substituents is 2. The van der Waals surface area contributed by atoms with Gasteiger partial charge in [-0.3, -0.25) is 4.90 Å². The standard InChI is InChI=1S/C31H46N4O4S/c1-22(2)26-18-29(28(37)19-27(26)36)40-32-25-8-6-23(7-9-25)20-33-14-16-34(17-15-33)21-24-10-12-35(13-11-24)30(38)39-31(3,4)5/h6-9,18-19,22,24,32,36-37H,10-17,20-21H2,1-5H3. The quantitative estimate of drug-likeness (QED) is 0.328. The molecule has 0 aromatic heterocycles. The number of anilines is 1. The van der Waals surface area contributed by atoms with E-state index in [0.29, 0.717) is 10.8 Å². The molecule has 0 saturated carbocycles. The van der Waals surface area contributed by atoms with Gasteiger partial charge in [0.25, 0.3) is 0 Å². The summed E-state index contributed by atoms with van der Waals surface area (Å²) in [4.78, 5) is 20.0. The molecule has 0 radical (unpaired) electrons. The number of hydrogen-bond donors (Lipinski definition) is 3. The zero-order valence-electron chi connectivity index (χ0n) is 24.7. The van der Waals surface area contributed by atoms with Crippen molar-refractivity contribution in [3.05, 3.63) is 47.5 Å². The Morgan fingerprint density at radius 2 is 1.60 bits per heavy atom. The van der Waals surface area contributed by atoms with E-state index >= 15 is 0 Å². The predicted octanol–water partition coefficient (Wildman–Crippen LogP) is 6.11. The maximum atomic E-state index is 12.3. The van der Waals surface area contributed by atoms with Gasteiger partial charge in [-0.15, -0.1) is 0 Å². The lowest BCUT2D eigenvalue weighted by molar-refractivity contribution is 0.0159. The summed E-state index contributed by atoms with van der Waals surface area (Å²) in [6.45, 7) is 17.7. The third-order valence-corrected chi connectivity index (χ3v) is 8.50. The van der Waals surface area contributed by atoms with Crippen LogP contribution in [0.5, 0.6) is 11.5 Å². The van der Waals surface area contributed by atoms with Gasteiger partial charge in [-0.05, 0) is 86.7 Å². The first-order valence-electron chi connectivity index (χ1n) is 14.5. The average Bonchev–Trinajstić information content (AvgIpc) is 2.89. The highest BCUT2D eigenvalue weighted by molar-refractivity contribution is 8.00. The minimum Gasteiger partial charge on any atom is -0.508 e. The van der Waals surface area contributed by atoms with Crippen LogP contribution in [-0.4, -0.2) is 82.4 Å². The summed E-state index contributed by atoms with van der Waals surface area (Å²) >= 11 is 1.35. The molecule has 2 aliphatic rings. The van der Waals surface area contributed by atoms with Crippen LogP contribution < -0.4 is 4.72 Å². The summed E-state index contributed by atoms with van der Waals surface area (Å²) in [5.74, 6) is 1.01. The molecule has 8 nitrogen and oxygen atoms in total. The molecule has 40 heavy (non-hydrogen) atoms. The van der Waals surface area contributed by atoms with Gasteiger partial charge in [0.05, 0.1) is 4.90 Å². The molecule has 9 heteroatoms. The SMILES string of the molecule is CC(C)c1cc(SNc2ccc(CN3CCN(CC4CCN(C(=O)OC(C)(C)C)CC4)CC3)cc2)c(O)cc1O. The Morgan fingerprint density at radius 1 is 0.975 bits per heavy atom. The number of nitrogens with one attached hydrogen (secondary N) is 1. The molecule has 0 atom stereocenters. The molecule has 2 saturated heterocycles. The highest BCUT2D eigenvalue weighted by Crippen LogP contribution is 2.37. The van der Waals surface area contributed by atoms with Gasteiger partial charge < -0.3 is 29.5 Å². The van der Waals surface area contributed by atoms with Gasteiger partial charge in [0.15, 0.2) is 0 Å². The number of phenols is 2. The number of aromatic hydroxyl groups is 2. The molecular weight excluding hydrogens is 524 g/mol. The summed E-state index contributed by atoms with van der Waals surface area (Å²) < 4.78 is 8.84. The second-order valence-electron chi connectivity index (χ2n) is 12.4. The van der Waals surface area contributed by atoms with E-state index in [1.165, 1.54) is 23.6 Å². The van der Waals surface area contributed by atoms with E-state index < -0.39 is 5.60 Å². The van der Waals surface area contributed by atoms with Gasteiger partial charge in [-0.1, -0.05) is 26.0 Å². The molecule has 3 N–H and O–H groups in total. The first-order chi connectivity index (χ1) is 19.0. The van der Waals surface area contributed by atoms with E-state index in [1.807, 2.05) is 45.6 Å². The number of carbonyl (C=O) groups is 1. The first kappa shape index (κ1) is 30.3. The summed E-state index contributed by atoms with van der Waals surface area (Å²) in [7, 11) is 0. The minimum atomic E-state index is -0.441. The van der Waals surface area contributed by atoms with E-state index in [2.05, 4.69) is 38.8 Å². The Morgan fingerprint density at radius 3 is 2.20 bits per heavy atom. The normalized spacial score (nSPS) is 17.8. The van der Waals surface area contributed by atoms with E-state index in [0.717, 1.165) is 76.5 Å². The van der Waals surface area contributed by atoms with Crippen molar-refractivity contribution in [2.45, 2.75) is 70.4 Å². The van der Waals surface area contributed by atoms with Crippen LogP contribution in [0.1, 0.15) is 64.5 Å². The maximum absolute atomic E-state index is 12.3. The number of amides is 1.